The Morgan fingerprint density at radius 2 is 2.08 bits per heavy atom. The quantitative estimate of drug-likeness (QED) is 0.905. The minimum Gasteiger partial charge on any atom is -0.423 e. The van der Waals surface area contributed by atoms with E-state index in [1.54, 1.807) is 0 Å². The Balaban J connectivity index is 1.59. The Morgan fingerprint density at radius 3 is 2.72 bits per heavy atom. The van der Waals surface area contributed by atoms with E-state index < -0.39 is 0 Å². The minimum atomic E-state index is -0.0532. The van der Waals surface area contributed by atoms with Gasteiger partial charge in [-0.25, -0.2) is 0 Å². The van der Waals surface area contributed by atoms with Crippen LogP contribution in [0.25, 0.3) is 11.1 Å². The highest BCUT2D eigenvalue weighted by atomic mass is 16.4. The lowest BCUT2D eigenvalue weighted by molar-refractivity contribution is 0.0295. The maximum absolute atomic E-state index is 12.9. The molecule has 6 nitrogen and oxygen atoms in total. The summed E-state index contributed by atoms with van der Waals surface area (Å²) in [5, 5.41) is 3.22. The van der Waals surface area contributed by atoms with E-state index in [1.807, 2.05) is 23.1 Å². The first kappa shape index (κ1) is 16.4. The van der Waals surface area contributed by atoms with Crippen molar-refractivity contribution in [2.75, 3.05) is 31.1 Å². The van der Waals surface area contributed by atoms with Gasteiger partial charge in [0.15, 0.2) is 5.58 Å². The number of hydrogen-bond donors (Lipinski definition) is 1. The van der Waals surface area contributed by atoms with E-state index in [4.69, 9.17) is 4.42 Å². The number of rotatable bonds is 5. The monoisotopic (exact) mass is 342 g/mol. The zero-order valence-electron chi connectivity index (χ0n) is 15.0. The second-order valence-electron chi connectivity index (χ2n) is 7.03. The third-order valence-electron chi connectivity index (χ3n) is 5.63. The van der Waals surface area contributed by atoms with Crippen molar-refractivity contribution in [3.05, 3.63) is 23.8 Å². The lowest BCUT2D eigenvalue weighted by Crippen LogP contribution is -2.56. The summed E-state index contributed by atoms with van der Waals surface area (Å²) in [6.07, 6.45) is 3.74. The van der Waals surface area contributed by atoms with E-state index in [-0.39, 0.29) is 12.1 Å². The summed E-state index contributed by atoms with van der Waals surface area (Å²) in [6.45, 7) is 7.97. The van der Waals surface area contributed by atoms with Crippen LogP contribution in [-0.2, 0) is 0 Å². The van der Waals surface area contributed by atoms with Crippen molar-refractivity contribution in [3.63, 3.8) is 0 Å². The molecule has 0 saturated carbocycles. The molecule has 3 saturated heterocycles. The fourth-order valence-corrected chi connectivity index (χ4v) is 4.09. The van der Waals surface area contributed by atoms with Crippen LogP contribution in [0.4, 0.5) is 6.01 Å². The molecular formula is C19H26N4O2. The van der Waals surface area contributed by atoms with Crippen LogP contribution in [0.15, 0.2) is 22.6 Å². The summed E-state index contributed by atoms with van der Waals surface area (Å²) < 4.78 is 5.87. The maximum atomic E-state index is 12.9. The first-order valence-electron chi connectivity index (χ1n) is 9.39. The van der Waals surface area contributed by atoms with Gasteiger partial charge in [-0.2, -0.15) is 4.98 Å². The highest BCUT2D eigenvalue weighted by Gasteiger charge is 2.34. The van der Waals surface area contributed by atoms with E-state index in [2.05, 4.69) is 29.0 Å². The highest BCUT2D eigenvalue weighted by molar-refractivity contribution is 6.04. The number of aromatic nitrogens is 1. The topological polar surface area (TPSA) is 61.6 Å². The summed E-state index contributed by atoms with van der Waals surface area (Å²) in [5.74, 6) is 0.704. The molecule has 3 fully saturated rings. The molecule has 2 aromatic rings. The first-order valence-corrected chi connectivity index (χ1v) is 9.39. The molecule has 1 atom stereocenters. The number of fused-ring (bicyclic) bond motifs is 4. The Hall–Kier alpha value is -2.08. The normalized spacial score (nSPS) is 25.3. The third kappa shape index (κ3) is 2.99. The molecule has 0 spiro atoms. The second-order valence-corrected chi connectivity index (χ2v) is 7.03. The van der Waals surface area contributed by atoms with Crippen molar-refractivity contribution in [1.82, 2.24) is 15.2 Å². The molecule has 1 N–H and O–H groups in total. The summed E-state index contributed by atoms with van der Waals surface area (Å²) in [5.41, 5.74) is 1.92. The van der Waals surface area contributed by atoms with Gasteiger partial charge in [-0.1, -0.05) is 6.07 Å². The van der Waals surface area contributed by atoms with E-state index in [9.17, 15) is 4.79 Å². The molecule has 0 aliphatic carbocycles. The molecule has 1 amide bonds. The number of nitrogens with one attached hydrogen (secondary N) is 1. The van der Waals surface area contributed by atoms with Crippen molar-refractivity contribution < 1.29 is 9.21 Å². The number of piperidine rings is 3. The van der Waals surface area contributed by atoms with Crippen molar-refractivity contribution in [1.29, 1.82) is 0 Å². The number of benzene rings is 1. The minimum absolute atomic E-state index is 0.0532. The number of carbonyl (C=O) groups is 1. The van der Waals surface area contributed by atoms with E-state index >= 15 is 0 Å². The first-order chi connectivity index (χ1) is 12.2. The van der Waals surface area contributed by atoms with Gasteiger partial charge in [0.2, 0.25) is 0 Å². The predicted molar refractivity (Wildman–Crippen MR) is 97.7 cm³/mol. The smallest absolute Gasteiger partial charge is 0.298 e. The summed E-state index contributed by atoms with van der Waals surface area (Å²) in [4.78, 5) is 21.9. The molecule has 25 heavy (non-hydrogen) atoms. The van der Waals surface area contributed by atoms with Crippen LogP contribution in [0.3, 0.4) is 0 Å². The fraction of sp³-hybridized carbons (Fsp3) is 0.579. The standard InChI is InChI=1S/C19H26N4O2/c1-3-22(4-2)19-21-17-14(6-5-7-15(17)25-19)18(24)20-16-12-13-8-10-23(16)11-9-13/h5-7,13,16H,3-4,8-12H2,1-2H3,(H,20,24)/t16-/m0/s1. The molecule has 5 rings (SSSR count). The molecule has 6 heteroatoms. The predicted octanol–water partition coefficient (Wildman–Crippen LogP) is 2.85. The molecule has 3 aliphatic heterocycles. The van der Waals surface area contributed by atoms with Crippen molar-refractivity contribution in [3.8, 4) is 0 Å². The molecular weight excluding hydrogens is 316 g/mol. The third-order valence-corrected chi connectivity index (χ3v) is 5.63. The fourth-order valence-electron chi connectivity index (χ4n) is 4.09. The van der Waals surface area contributed by atoms with Gasteiger partial charge in [0.05, 0.1) is 11.7 Å². The van der Waals surface area contributed by atoms with Crippen molar-refractivity contribution in [2.45, 2.75) is 39.3 Å². The lowest BCUT2D eigenvalue weighted by Gasteiger charge is -2.45. The van der Waals surface area contributed by atoms with Gasteiger partial charge in [-0.15, -0.1) is 0 Å². The van der Waals surface area contributed by atoms with E-state index in [0.717, 1.165) is 38.5 Å². The lowest BCUT2D eigenvalue weighted by atomic mass is 9.86. The number of nitrogens with zero attached hydrogens (tertiary/aromatic N) is 3. The molecule has 134 valence electrons. The van der Waals surface area contributed by atoms with Gasteiger partial charge in [0.1, 0.15) is 5.52 Å². The van der Waals surface area contributed by atoms with Gasteiger partial charge >= 0.3 is 0 Å². The maximum Gasteiger partial charge on any atom is 0.298 e. The SMILES string of the molecule is CCN(CC)c1nc2c(C(=O)N[C@@H]3CC4CCN3CC4)cccc2o1. The molecule has 0 unspecified atom stereocenters. The van der Waals surface area contributed by atoms with E-state index in [0.29, 0.717) is 22.7 Å². The average molecular weight is 342 g/mol. The molecule has 0 radical (unpaired) electrons. The Morgan fingerprint density at radius 1 is 1.32 bits per heavy atom. The van der Waals surface area contributed by atoms with Gasteiger partial charge in [0.25, 0.3) is 11.9 Å². The van der Waals surface area contributed by atoms with Crippen LogP contribution in [-0.4, -0.2) is 48.1 Å². The number of oxazole rings is 1. The Bertz CT molecular complexity index is 760. The Labute approximate surface area is 148 Å². The Kier molecular flexibility index (Phi) is 4.37. The van der Waals surface area contributed by atoms with Crippen molar-refractivity contribution in [2.24, 2.45) is 5.92 Å². The molecule has 1 aromatic heterocycles. The average Bonchev–Trinajstić information content (AvgIpc) is 3.07. The van der Waals surface area contributed by atoms with Gasteiger partial charge in [0, 0.05) is 26.2 Å². The largest absolute Gasteiger partial charge is 0.423 e. The molecule has 1 aromatic carbocycles. The van der Waals surface area contributed by atoms with Crippen molar-refractivity contribution >= 4 is 23.0 Å². The van der Waals surface area contributed by atoms with Crippen LogP contribution < -0.4 is 10.2 Å². The zero-order valence-corrected chi connectivity index (χ0v) is 15.0. The summed E-state index contributed by atoms with van der Waals surface area (Å²) in [7, 11) is 0. The van der Waals surface area contributed by atoms with Crippen LogP contribution in [0.1, 0.15) is 43.5 Å². The van der Waals surface area contributed by atoms with Crippen LogP contribution in [0, 0.1) is 5.92 Å². The number of anilines is 1. The highest BCUT2D eigenvalue weighted by Crippen LogP contribution is 2.31. The van der Waals surface area contributed by atoms with Gasteiger partial charge in [-0.05, 0) is 51.2 Å². The second kappa shape index (κ2) is 6.67. The van der Waals surface area contributed by atoms with Crippen LogP contribution in [0.5, 0.6) is 0 Å². The molecule has 2 bridgehead atoms. The van der Waals surface area contributed by atoms with E-state index in [1.165, 1.54) is 12.8 Å². The number of carbonyl (C=O) groups excluding carboxylic acids is 1. The number of hydrogen-bond acceptors (Lipinski definition) is 5. The number of para-hydroxylation sites is 1. The van der Waals surface area contributed by atoms with Gasteiger partial charge < -0.3 is 14.6 Å². The van der Waals surface area contributed by atoms with Crippen LogP contribution >= 0.6 is 0 Å². The van der Waals surface area contributed by atoms with Crippen LogP contribution in [0.2, 0.25) is 0 Å². The summed E-state index contributed by atoms with van der Waals surface area (Å²) in [6, 6.07) is 6.16. The number of amides is 1. The molecule has 4 heterocycles. The van der Waals surface area contributed by atoms with Gasteiger partial charge in [-0.3, -0.25) is 9.69 Å². The summed E-state index contributed by atoms with van der Waals surface area (Å²) >= 11 is 0. The molecule has 3 aliphatic rings. The zero-order chi connectivity index (χ0) is 17.4.